The molecular weight excluding hydrogens is 290 g/mol. The fraction of sp³-hybridized carbons (Fsp3) is 0.500. The highest BCUT2D eigenvalue weighted by molar-refractivity contribution is 7.89. The standard InChI is InChI=1S/C14H23N3O3S/c1-11(2)10-16-14(18)8-9-17-21(19,20)13-7-5-4-6-12(13)15-3/h4-7,11,15,17H,8-10H2,1-3H3,(H,16,18). The van der Waals surface area contributed by atoms with Crippen LogP contribution in [0.5, 0.6) is 0 Å². The molecule has 1 aromatic rings. The summed E-state index contributed by atoms with van der Waals surface area (Å²) < 4.78 is 26.8. The van der Waals surface area contributed by atoms with Crippen LogP contribution >= 0.6 is 0 Å². The molecule has 0 unspecified atom stereocenters. The maximum Gasteiger partial charge on any atom is 0.242 e. The van der Waals surface area contributed by atoms with E-state index in [0.717, 1.165) is 0 Å². The van der Waals surface area contributed by atoms with Gasteiger partial charge in [0.05, 0.1) is 5.69 Å². The van der Waals surface area contributed by atoms with E-state index in [1.807, 2.05) is 13.8 Å². The predicted octanol–water partition coefficient (Wildman–Crippen LogP) is 1.17. The van der Waals surface area contributed by atoms with Gasteiger partial charge in [-0.05, 0) is 18.1 Å². The van der Waals surface area contributed by atoms with Crippen LogP contribution in [0.3, 0.4) is 0 Å². The van der Waals surface area contributed by atoms with E-state index < -0.39 is 10.0 Å². The largest absolute Gasteiger partial charge is 0.387 e. The number of carbonyl (C=O) groups is 1. The van der Waals surface area contributed by atoms with E-state index in [0.29, 0.717) is 18.2 Å². The van der Waals surface area contributed by atoms with Gasteiger partial charge in [0.25, 0.3) is 0 Å². The number of hydrogen-bond acceptors (Lipinski definition) is 4. The minimum atomic E-state index is -3.62. The Morgan fingerprint density at radius 1 is 1.24 bits per heavy atom. The van der Waals surface area contributed by atoms with E-state index >= 15 is 0 Å². The van der Waals surface area contributed by atoms with Gasteiger partial charge in [-0.25, -0.2) is 13.1 Å². The van der Waals surface area contributed by atoms with Crippen molar-refractivity contribution in [2.24, 2.45) is 5.92 Å². The summed E-state index contributed by atoms with van der Waals surface area (Å²) in [5.74, 6) is 0.210. The molecule has 118 valence electrons. The molecule has 6 nitrogen and oxygen atoms in total. The van der Waals surface area contributed by atoms with Crippen molar-refractivity contribution < 1.29 is 13.2 Å². The summed E-state index contributed by atoms with van der Waals surface area (Å²) in [6.07, 6.45) is 0.119. The molecule has 3 N–H and O–H groups in total. The van der Waals surface area contributed by atoms with E-state index in [1.54, 1.807) is 25.2 Å². The van der Waals surface area contributed by atoms with Crippen LogP contribution in [0.4, 0.5) is 5.69 Å². The van der Waals surface area contributed by atoms with Gasteiger partial charge in [0.2, 0.25) is 15.9 Å². The average Bonchev–Trinajstić information content (AvgIpc) is 2.44. The molecule has 0 spiro atoms. The number of amides is 1. The Labute approximate surface area is 126 Å². The zero-order valence-corrected chi connectivity index (χ0v) is 13.5. The number of nitrogens with one attached hydrogen (secondary N) is 3. The molecule has 0 heterocycles. The zero-order valence-electron chi connectivity index (χ0n) is 12.6. The minimum Gasteiger partial charge on any atom is -0.387 e. The smallest absolute Gasteiger partial charge is 0.242 e. The van der Waals surface area contributed by atoms with Gasteiger partial charge in [0.15, 0.2) is 0 Å². The highest BCUT2D eigenvalue weighted by Gasteiger charge is 2.17. The molecular formula is C14H23N3O3S. The number of rotatable bonds is 8. The summed E-state index contributed by atoms with van der Waals surface area (Å²) >= 11 is 0. The van der Waals surface area contributed by atoms with Gasteiger partial charge in [0, 0.05) is 26.6 Å². The third-order valence-corrected chi connectivity index (χ3v) is 4.32. The van der Waals surface area contributed by atoms with Gasteiger partial charge in [-0.2, -0.15) is 0 Å². The molecule has 1 amide bonds. The molecule has 0 aliphatic rings. The Morgan fingerprint density at radius 2 is 1.90 bits per heavy atom. The van der Waals surface area contributed by atoms with Gasteiger partial charge in [0.1, 0.15) is 4.90 Å². The second kappa shape index (κ2) is 7.99. The van der Waals surface area contributed by atoms with Crippen LogP contribution in [0.1, 0.15) is 20.3 Å². The normalized spacial score (nSPS) is 11.4. The summed E-state index contributed by atoms with van der Waals surface area (Å²) in [6, 6.07) is 6.62. The van der Waals surface area contributed by atoms with Crippen LogP contribution in [0.15, 0.2) is 29.2 Å². The van der Waals surface area contributed by atoms with E-state index in [2.05, 4.69) is 15.4 Å². The van der Waals surface area contributed by atoms with Crippen LogP contribution < -0.4 is 15.4 Å². The molecule has 0 radical (unpaired) electrons. The quantitative estimate of drug-likeness (QED) is 0.672. The molecule has 0 aromatic heterocycles. The molecule has 21 heavy (non-hydrogen) atoms. The van der Waals surface area contributed by atoms with Crippen molar-refractivity contribution in [1.29, 1.82) is 0 Å². The van der Waals surface area contributed by atoms with Crippen molar-refractivity contribution in [1.82, 2.24) is 10.0 Å². The number of benzene rings is 1. The molecule has 7 heteroatoms. The number of carbonyl (C=O) groups excluding carboxylic acids is 1. The van der Waals surface area contributed by atoms with Gasteiger partial charge >= 0.3 is 0 Å². The van der Waals surface area contributed by atoms with Crippen molar-refractivity contribution in [2.75, 3.05) is 25.5 Å². The van der Waals surface area contributed by atoms with Crippen LogP contribution in [0, 0.1) is 5.92 Å². The lowest BCUT2D eigenvalue weighted by molar-refractivity contribution is -0.121. The minimum absolute atomic E-state index is 0.0737. The van der Waals surface area contributed by atoms with Crippen LogP contribution in [0.25, 0.3) is 0 Å². The van der Waals surface area contributed by atoms with Crippen molar-refractivity contribution in [3.8, 4) is 0 Å². The Balaban J connectivity index is 2.56. The van der Waals surface area contributed by atoms with E-state index in [4.69, 9.17) is 0 Å². The summed E-state index contributed by atoms with van der Waals surface area (Å²) in [7, 11) is -1.96. The van der Waals surface area contributed by atoms with Gasteiger partial charge in [-0.1, -0.05) is 26.0 Å². The van der Waals surface area contributed by atoms with Crippen molar-refractivity contribution in [3.05, 3.63) is 24.3 Å². The topological polar surface area (TPSA) is 87.3 Å². The third kappa shape index (κ3) is 5.73. The summed E-state index contributed by atoms with van der Waals surface area (Å²) in [4.78, 5) is 11.7. The fourth-order valence-electron chi connectivity index (χ4n) is 1.69. The second-order valence-electron chi connectivity index (χ2n) is 5.09. The predicted molar refractivity (Wildman–Crippen MR) is 83.6 cm³/mol. The average molecular weight is 313 g/mol. The third-order valence-electron chi connectivity index (χ3n) is 2.80. The van der Waals surface area contributed by atoms with Gasteiger partial charge in [-0.3, -0.25) is 4.79 Å². The highest BCUT2D eigenvalue weighted by atomic mass is 32.2. The molecule has 0 fully saturated rings. The first-order chi connectivity index (χ1) is 9.86. The molecule has 0 saturated heterocycles. The molecule has 0 atom stereocenters. The molecule has 0 saturated carbocycles. The van der Waals surface area contributed by atoms with Crippen LogP contribution in [0.2, 0.25) is 0 Å². The Morgan fingerprint density at radius 3 is 2.52 bits per heavy atom. The first-order valence-electron chi connectivity index (χ1n) is 6.90. The lowest BCUT2D eigenvalue weighted by atomic mass is 10.2. The Bertz CT molecular complexity index is 571. The van der Waals surface area contributed by atoms with Crippen molar-refractivity contribution in [3.63, 3.8) is 0 Å². The molecule has 0 aliphatic carbocycles. The molecule has 0 aliphatic heterocycles. The lowest BCUT2D eigenvalue weighted by Crippen LogP contribution is -2.32. The Kier molecular flexibility index (Phi) is 6.64. The first-order valence-corrected chi connectivity index (χ1v) is 8.38. The van der Waals surface area contributed by atoms with Gasteiger partial charge < -0.3 is 10.6 Å². The van der Waals surface area contributed by atoms with Crippen LogP contribution in [-0.4, -0.2) is 34.5 Å². The summed E-state index contributed by atoms with van der Waals surface area (Å²) in [5.41, 5.74) is 0.522. The zero-order chi connectivity index (χ0) is 15.9. The lowest BCUT2D eigenvalue weighted by Gasteiger charge is -2.11. The maximum atomic E-state index is 12.2. The second-order valence-corrected chi connectivity index (χ2v) is 6.83. The maximum absolute atomic E-state index is 12.2. The Hall–Kier alpha value is -1.60. The number of para-hydroxylation sites is 1. The summed E-state index contributed by atoms with van der Waals surface area (Å²) in [5, 5.41) is 5.58. The molecule has 1 aromatic carbocycles. The van der Waals surface area contributed by atoms with E-state index in [1.165, 1.54) is 6.07 Å². The number of hydrogen-bond donors (Lipinski definition) is 3. The number of sulfonamides is 1. The van der Waals surface area contributed by atoms with Gasteiger partial charge in [-0.15, -0.1) is 0 Å². The molecule has 0 bridgehead atoms. The first kappa shape index (κ1) is 17.5. The molecule has 1 rings (SSSR count). The number of anilines is 1. The fourth-order valence-corrected chi connectivity index (χ4v) is 2.93. The van der Waals surface area contributed by atoms with Crippen molar-refractivity contribution in [2.45, 2.75) is 25.2 Å². The SMILES string of the molecule is CNc1ccccc1S(=O)(=O)NCCC(=O)NCC(C)C. The summed E-state index contributed by atoms with van der Waals surface area (Å²) in [6.45, 7) is 4.66. The van der Waals surface area contributed by atoms with Crippen LogP contribution in [-0.2, 0) is 14.8 Å². The van der Waals surface area contributed by atoms with Crippen molar-refractivity contribution >= 4 is 21.6 Å². The van der Waals surface area contributed by atoms with E-state index in [9.17, 15) is 13.2 Å². The van der Waals surface area contributed by atoms with E-state index in [-0.39, 0.29) is 23.8 Å². The highest BCUT2D eigenvalue weighted by Crippen LogP contribution is 2.19. The monoisotopic (exact) mass is 313 g/mol.